The number of nitrogens with two attached hydrogens (primary N) is 1. The Hall–Kier alpha value is -0.200. The molecule has 0 saturated carbocycles. The normalized spacial score (nSPS) is 15.0. The van der Waals surface area contributed by atoms with E-state index in [1.807, 2.05) is 0 Å². The van der Waals surface area contributed by atoms with Crippen LogP contribution < -0.4 is 5.73 Å². The second-order valence-electron chi connectivity index (χ2n) is 2.58. The molecule has 0 saturated heterocycles. The minimum absolute atomic E-state index is 0.0532. The highest BCUT2D eigenvalue weighted by molar-refractivity contribution is 4.90. The Morgan fingerprint density at radius 1 is 1.18 bits per heavy atom. The van der Waals surface area contributed by atoms with E-state index < -0.39 is 24.9 Å². The monoisotopic (exact) mass is 165 g/mol. The molecule has 6 N–H and O–H groups in total. The lowest BCUT2D eigenvalue weighted by Gasteiger charge is -2.29. The third-order valence-corrected chi connectivity index (χ3v) is 1.65. The highest BCUT2D eigenvalue weighted by Crippen LogP contribution is 2.08. The third-order valence-electron chi connectivity index (χ3n) is 1.65. The Kier molecular flexibility index (Phi) is 4.55. The van der Waals surface area contributed by atoms with Crippen molar-refractivity contribution in [3.8, 4) is 0 Å². The van der Waals surface area contributed by atoms with Crippen LogP contribution in [0.3, 0.4) is 0 Å². The molecule has 0 spiro atoms. The number of hydrogen-bond donors (Lipinski definition) is 5. The van der Waals surface area contributed by atoms with Crippen molar-refractivity contribution in [2.24, 2.45) is 5.73 Å². The average molecular weight is 165 g/mol. The topological polar surface area (TPSA) is 107 Å². The summed E-state index contributed by atoms with van der Waals surface area (Å²) in [5, 5.41) is 34.9. The number of aliphatic hydroxyl groups excluding tert-OH is 4. The van der Waals surface area contributed by atoms with Gasteiger partial charge in [-0.15, -0.1) is 0 Å². The highest BCUT2D eigenvalue weighted by atomic mass is 16.3. The lowest BCUT2D eigenvalue weighted by Crippen LogP contribution is -2.57. The molecular formula is C6H15NO4. The van der Waals surface area contributed by atoms with Gasteiger partial charge in [-0.3, -0.25) is 0 Å². The first-order chi connectivity index (χ1) is 5.10. The Morgan fingerprint density at radius 2 is 1.64 bits per heavy atom. The van der Waals surface area contributed by atoms with Crippen LogP contribution in [0, 0.1) is 0 Å². The van der Waals surface area contributed by atoms with Crippen LogP contribution in [-0.2, 0) is 0 Å². The van der Waals surface area contributed by atoms with Gasteiger partial charge in [-0.1, -0.05) is 0 Å². The van der Waals surface area contributed by atoms with E-state index >= 15 is 0 Å². The van der Waals surface area contributed by atoms with Gasteiger partial charge in [-0.25, -0.2) is 0 Å². The fraction of sp³-hybridized carbons (Fsp3) is 1.00. The van der Waals surface area contributed by atoms with Gasteiger partial charge < -0.3 is 26.2 Å². The van der Waals surface area contributed by atoms with Crippen LogP contribution in [0.2, 0.25) is 0 Å². The highest BCUT2D eigenvalue weighted by Gasteiger charge is 2.31. The van der Waals surface area contributed by atoms with Gasteiger partial charge in [0.15, 0.2) is 0 Å². The minimum Gasteiger partial charge on any atom is -0.396 e. The first-order valence-electron chi connectivity index (χ1n) is 3.40. The van der Waals surface area contributed by atoms with Gasteiger partial charge in [0.05, 0.1) is 24.9 Å². The first-order valence-corrected chi connectivity index (χ1v) is 3.40. The molecule has 0 fully saturated rings. The van der Waals surface area contributed by atoms with E-state index in [9.17, 15) is 0 Å². The molecule has 1 atom stereocenters. The van der Waals surface area contributed by atoms with Gasteiger partial charge in [-0.2, -0.15) is 0 Å². The molecule has 0 aromatic heterocycles. The molecule has 0 aromatic rings. The Morgan fingerprint density at radius 3 is 1.91 bits per heavy atom. The second kappa shape index (κ2) is 4.63. The Labute approximate surface area is 65.1 Å². The van der Waals surface area contributed by atoms with Crippen LogP contribution >= 0.6 is 0 Å². The van der Waals surface area contributed by atoms with Crippen molar-refractivity contribution < 1.29 is 20.4 Å². The van der Waals surface area contributed by atoms with Crippen molar-refractivity contribution in [3.05, 3.63) is 0 Å². The van der Waals surface area contributed by atoms with Crippen LogP contribution in [-0.4, -0.2) is 51.9 Å². The zero-order chi connectivity index (χ0) is 8.91. The van der Waals surface area contributed by atoms with Gasteiger partial charge in [0.1, 0.15) is 0 Å². The summed E-state index contributed by atoms with van der Waals surface area (Å²) >= 11 is 0. The van der Waals surface area contributed by atoms with Crippen molar-refractivity contribution in [2.75, 3.05) is 19.8 Å². The molecule has 0 heterocycles. The molecule has 11 heavy (non-hydrogen) atoms. The Balaban J connectivity index is 4.00. The fourth-order valence-electron chi connectivity index (χ4n) is 0.670. The zero-order valence-electron chi connectivity index (χ0n) is 6.27. The standard InChI is InChI=1S/C6H15NO4/c7-6(3-9,4-10)5(11)1-2-8/h5,8-11H,1-4,7H2. The minimum atomic E-state index is -1.40. The summed E-state index contributed by atoms with van der Waals surface area (Å²) in [6.07, 6.45) is -1.03. The van der Waals surface area contributed by atoms with Gasteiger partial charge in [0, 0.05) is 6.61 Å². The maximum Gasteiger partial charge on any atom is 0.0886 e. The van der Waals surface area contributed by atoms with Crippen LogP contribution in [0.5, 0.6) is 0 Å². The second-order valence-corrected chi connectivity index (χ2v) is 2.58. The fourth-order valence-corrected chi connectivity index (χ4v) is 0.670. The van der Waals surface area contributed by atoms with E-state index in [2.05, 4.69) is 0 Å². The average Bonchev–Trinajstić information content (AvgIpc) is 2.03. The molecule has 5 heteroatoms. The molecular weight excluding hydrogens is 150 g/mol. The third kappa shape index (κ3) is 2.72. The molecule has 0 aliphatic carbocycles. The molecule has 0 radical (unpaired) electrons. The smallest absolute Gasteiger partial charge is 0.0886 e. The number of hydrogen-bond acceptors (Lipinski definition) is 5. The van der Waals surface area contributed by atoms with Crippen LogP contribution in [0.25, 0.3) is 0 Å². The van der Waals surface area contributed by atoms with E-state index in [1.165, 1.54) is 0 Å². The first kappa shape index (κ1) is 10.8. The van der Waals surface area contributed by atoms with Crippen LogP contribution in [0.1, 0.15) is 6.42 Å². The van der Waals surface area contributed by atoms with Crippen molar-refractivity contribution in [1.29, 1.82) is 0 Å². The van der Waals surface area contributed by atoms with Crippen LogP contribution in [0.4, 0.5) is 0 Å². The van der Waals surface area contributed by atoms with E-state index in [1.54, 1.807) is 0 Å². The molecule has 68 valence electrons. The lowest BCUT2D eigenvalue weighted by atomic mass is 9.93. The summed E-state index contributed by atoms with van der Waals surface area (Å²) in [4.78, 5) is 0. The quantitative estimate of drug-likeness (QED) is 0.307. The maximum absolute atomic E-state index is 9.16. The van der Waals surface area contributed by atoms with E-state index in [0.29, 0.717) is 0 Å². The molecule has 1 unspecified atom stereocenters. The summed E-state index contributed by atoms with van der Waals surface area (Å²) in [5.41, 5.74) is 3.96. The molecule has 0 rings (SSSR count). The van der Waals surface area contributed by atoms with Gasteiger partial charge >= 0.3 is 0 Å². The largest absolute Gasteiger partial charge is 0.396 e. The summed E-state index contributed by atoms with van der Waals surface area (Å²) < 4.78 is 0. The van der Waals surface area contributed by atoms with Gasteiger partial charge in [0.25, 0.3) is 0 Å². The number of rotatable bonds is 5. The SMILES string of the molecule is NC(CO)(CO)C(O)CCO. The zero-order valence-corrected chi connectivity index (χ0v) is 6.27. The van der Waals surface area contributed by atoms with Crippen LogP contribution in [0.15, 0.2) is 0 Å². The van der Waals surface area contributed by atoms with E-state index in [0.717, 1.165) is 0 Å². The summed E-state index contributed by atoms with van der Waals surface area (Å²) in [5.74, 6) is 0. The molecule has 0 bridgehead atoms. The molecule has 0 aromatic carbocycles. The van der Waals surface area contributed by atoms with Crippen molar-refractivity contribution in [1.82, 2.24) is 0 Å². The van der Waals surface area contributed by atoms with Gasteiger partial charge in [0.2, 0.25) is 0 Å². The Bertz CT molecular complexity index is 105. The van der Waals surface area contributed by atoms with Crippen molar-refractivity contribution in [3.63, 3.8) is 0 Å². The van der Waals surface area contributed by atoms with E-state index in [-0.39, 0.29) is 13.0 Å². The molecule has 0 aliphatic heterocycles. The van der Waals surface area contributed by atoms with Crippen molar-refractivity contribution >= 4 is 0 Å². The maximum atomic E-state index is 9.16. The molecule has 5 nitrogen and oxygen atoms in total. The predicted octanol–water partition coefficient (Wildman–Crippen LogP) is -2.59. The summed E-state index contributed by atoms with van der Waals surface area (Å²) in [7, 11) is 0. The predicted molar refractivity (Wildman–Crippen MR) is 38.8 cm³/mol. The van der Waals surface area contributed by atoms with E-state index in [4.69, 9.17) is 26.2 Å². The molecule has 0 aliphatic rings. The molecule has 0 amide bonds. The summed E-state index contributed by atoms with van der Waals surface area (Å²) in [6.45, 7) is -1.24. The lowest BCUT2D eigenvalue weighted by molar-refractivity contribution is -0.00396. The number of aliphatic hydroxyl groups is 4. The van der Waals surface area contributed by atoms with Gasteiger partial charge in [-0.05, 0) is 6.42 Å². The van der Waals surface area contributed by atoms with Crippen molar-refractivity contribution in [2.45, 2.75) is 18.1 Å². The summed E-state index contributed by atoms with van der Waals surface area (Å²) in [6, 6.07) is 0.